The lowest BCUT2D eigenvalue weighted by atomic mass is 10.1. The molecule has 0 aromatic heterocycles. The fourth-order valence-electron chi connectivity index (χ4n) is 2.55. The fraction of sp³-hybridized carbons (Fsp3) is 0.625. The van der Waals surface area contributed by atoms with E-state index in [0.717, 1.165) is 13.1 Å². The molecule has 106 valence electrons. The molecule has 0 saturated carbocycles. The summed E-state index contributed by atoms with van der Waals surface area (Å²) in [6.07, 6.45) is 1.25. The van der Waals surface area contributed by atoms with E-state index in [-0.39, 0.29) is 0 Å². The molecule has 0 spiro atoms. The van der Waals surface area contributed by atoms with E-state index in [1.165, 1.54) is 50.3 Å². The maximum atomic E-state index is 3.54. The number of piperazine rings is 1. The van der Waals surface area contributed by atoms with Gasteiger partial charge >= 0.3 is 0 Å². The van der Waals surface area contributed by atoms with Gasteiger partial charge < -0.3 is 15.1 Å². The molecule has 1 aromatic carbocycles. The van der Waals surface area contributed by atoms with Gasteiger partial charge in [0.05, 0.1) is 0 Å². The maximum absolute atomic E-state index is 3.54. The first-order chi connectivity index (χ1) is 9.24. The predicted octanol–water partition coefficient (Wildman–Crippen LogP) is 1.72. The van der Waals surface area contributed by atoms with Crippen molar-refractivity contribution in [3.8, 4) is 0 Å². The summed E-state index contributed by atoms with van der Waals surface area (Å²) < 4.78 is 0. The van der Waals surface area contributed by atoms with E-state index in [9.17, 15) is 0 Å². The molecule has 1 fully saturated rings. The van der Waals surface area contributed by atoms with Crippen molar-refractivity contribution in [2.75, 3.05) is 46.3 Å². The Labute approximate surface area is 117 Å². The first-order valence-corrected chi connectivity index (χ1v) is 7.41. The molecule has 0 amide bonds. The van der Waals surface area contributed by atoms with Gasteiger partial charge in [-0.3, -0.25) is 0 Å². The Bertz CT molecular complexity index is 370. The van der Waals surface area contributed by atoms with Crippen molar-refractivity contribution < 1.29 is 0 Å². The van der Waals surface area contributed by atoms with Gasteiger partial charge in [0.15, 0.2) is 0 Å². The number of likely N-dealkylation sites (N-methyl/N-ethyl adjacent to an activating group) is 1. The second kappa shape index (κ2) is 7.63. The number of hydrogen-bond acceptors (Lipinski definition) is 3. The second-order valence-electron chi connectivity index (χ2n) is 5.66. The summed E-state index contributed by atoms with van der Waals surface area (Å²) in [6, 6.07) is 8.74. The number of nitrogens with one attached hydrogen (secondary N) is 1. The quantitative estimate of drug-likeness (QED) is 0.787. The summed E-state index contributed by atoms with van der Waals surface area (Å²) in [5.74, 6) is 0. The first kappa shape index (κ1) is 14.5. The van der Waals surface area contributed by atoms with Crippen LogP contribution in [0, 0.1) is 6.92 Å². The Morgan fingerprint density at radius 2 is 1.95 bits per heavy atom. The highest BCUT2D eigenvalue weighted by atomic mass is 15.2. The summed E-state index contributed by atoms with van der Waals surface area (Å²) in [5, 5.41) is 3.54. The van der Waals surface area contributed by atoms with Crippen LogP contribution < -0.4 is 5.32 Å². The van der Waals surface area contributed by atoms with Gasteiger partial charge in [-0.1, -0.05) is 29.8 Å². The number of hydrogen-bond donors (Lipinski definition) is 1. The molecule has 3 heteroatoms. The SMILES string of the molecule is Cc1cccc(CNCCCN2CCN(C)CC2)c1. The van der Waals surface area contributed by atoms with Gasteiger partial charge in [-0.2, -0.15) is 0 Å². The first-order valence-electron chi connectivity index (χ1n) is 7.41. The van der Waals surface area contributed by atoms with Crippen molar-refractivity contribution in [2.45, 2.75) is 19.9 Å². The Kier molecular flexibility index (Phi) is 5.83. The van der Waals surface area contributed by atoms with Gasteiger partial charge in [0.1, 0.15) is 0 Å². The average Bonchev–Trinajstić information content (AvgIpc) is 2.41. The predicted molar refractivity (Wildman–Crippen MR) is 81.4 cm³/mol. The number of rotatable bonds is 6. The van der Waals surface area contributed by atoms with Crippen molar-refractivity contribution in [2.24, 2.45) is 0 Å². The molecule has 2 rings (SSSR count). The minimum atomic E-state index is 0.990. The van der Waals surface area contributed by atoms with Crippen LogP contribution in [0.5, 0.6) is 0 Å². The summed E-state index contributed by atoms with van der Waals surface area (Å²) in [6.45, 7) is 10.4. The zero-order valence-corrected chi connectivity index (χ0v) is 12.4. The molecule has 19 heavy (non-hydrogen) atoms. The van der Waals surface area contributed by atoms with Crippen LogP contribution in [0.15, 0.2) is 24.3 Å². The molecule has 0 aliphatic carbocycles. The van der Waals surface area contributed by atoms with Gasteiger partial charge in [-0.05, 0) is 39.0 Å². The highest BCUT2D eigenvalue weighted by Crippen LogP contribution is 2.03. The molecule has 0 radical (unpaired) electrons. The Hall–Kier alpha value is -0.900. The van der Waals surface area contributed by atoms with Gasteiger partial charge in [0, 0.05) is 32.7 Å². The Balaban J connectivity index is 1.55. The second-order valence-corrected chi connectivity index (χ2v) is 5.66. The normalized spacial score (nSPS) is 17.8. The summed E-state index contributed by atoms with van der Waals surface area (Å²) in [7, 11) is 2.21. The lowest BCUT2D eigenvalue weighted by Crippen LogP contribution is -2.45. The molecule has 1 heterocycles. The third-order valence-electron chi connectivity index (χ3n) is 3.84. The van der Waals surface area contributed by atoms with Crippen LogP contribution in [-0.4, -0.2) is 56.1 Å². The number of nitrogens with zero attached hydrogens (tertiary/aromatic N) is 2. The van der Waals surface area contributed by atoms with Crippen LogP contribution in [-0.2, 0) is 6.54 Å². The van der Waals surface area contributed by atoms with Gasteiger partial charge in [0.2, 0.25) is 0 Å². The fourth-order valence-corrected chi connectivity index (χ4v) is 2.55. The molecule has 1 N–H and O–H groups in total. The molecule has 1 saturated heterocycles. The highest BCUT2D eigenvalue weighted by Gasteiger charge is 2.12. The van der Waals surface area contributed by atoms with Crippen molar-refractivity contribution in [1.82, 2.24) is 15.1 Å². The van der Waals surface area contributed by atoms with E-state index < -0.39 is 0 Å². The molecule has 1 aliphatic rings. The van der Waals surface area contributed by atoms with Gasteiger partial charge in [-0.25, -0.2) is 0 Å². The molecular formula is C16H27N3. The summed E-state index contributed by atoms with van der Waals surface area (Å²) in [4.78, 5) is 4.99. The van der Waals surface area contributed by atoms with Crippen LogP contribution >= 0.6 is 0 Å². The van der Waals surface area contributed by atoms with E-state index in [4.69, 9.17) is 0 Å². The van der Waals surface area contributed by atoms with Crippen molar-refractivity contribution in [3.63, 3.8) is 0 Å². The highest BCUT2D eigenvalue weighted by molar-refractivity contribution is 5.21. The Morgan fingerprint density at radius 3 is 2.68 bits per heavy atom. The monoisotopic (exact) mass is 261 g/mol. The van der Waals surface area contributed by atoms with Crippen molar-refractivity contribution in [1.29, 1.82) is 0 Å². The van der Waals surface area contributed by atoms with Crippen LogP contribution in [0.2, 0.25) is 0 Å². The van der Waals surface area contributed by atoms with Gasteiger partial charge in [-0.15, -0.1) is 0 Å². The zero-order valence-electron chi connectivity index (χ0n) is 12.4. The number of aryl methyl sites for hydroxylation is 1. The van der Waals surface area contributed by atoms with Crippen molar-refractivity contribution >= 4 is 0 Å². The van der Waals surface area contributed by atoms with E-state index in [1.807, 2.05) is 0 Å². The van der Waals surface area contributed by atoms with Crippen molar-refractivity contribution in [3.05, 3.63) is 35.4 Å². The third kappa shape index (κ3) is 5.31. The number of benzene rings is 1. The largest absolute Gasteiger partial charge is 0.313 e. The van der Waals surface area contributed by atoms with E-state index >= 15 is 0 Å². The summed E-state index contributed by atoms with van der Waals surface area (Å²) in [5.41, 5.74) is 2.73. The van der Waals surface area contributed by atoms with Crippen LogP contribution in [0.25, 0.3) is 0 Å². The minimum Gasteiger partial charge on any atom is -0.313 e. The topological polar surface area (TPSA) is 18.5 Å². The molecular weight excluding hydrogens is 234 g/mol. The standard InChI is InChI=1S/C16H27N3/c1-15-5-3-6-16(13-15)14-17-7-4-8-19-11-9-18(2)10-12-19/h3,5-6,13,17H,4,7-12,14H2,1-2H3. The lowest BCUT2D eigenvalue weighted by molar-refractivity contribution is 0.153. The van der Waals surface area contributed by atoms with E-state index in [1.54, 1.807) is 0 Å². The average molecular weight is 261 g/mol. The van der Waals surface area contributed by atoms with E-state index in [2.05, 4.69) is 53.4 Å². The van der Waals surface area contributed by atoms with Crippen LogP contribution in [0.4, 0.5) is 0 Å². The molecule has 1 aliphatic heterocycles. The third-order valence-corrected chi connectivity index (χ3v) is 3.84. The summed E-state index contributed by atoms with van der Waals surface area (Å²) >= 11 is 0. The Morgan fingerprint density at radius 1 is 1.16 bits per heavy atom. The molecule has 0 atom stereocenters. The molecule has 1 aromatic rings. The smallest absolute Gasteiger partial charge is 0.0205 e. The van der Waals surface area contributed by atoms with Crippen LogP contribution in [0.1, 0.15) is 17.5 Å². The molecule has 3 nitrogen and oxygen atoms in total. The maximum Gasteiger partial charge on any atom is 0.0205 e. The van der Waals surface area contributed by atoms with Crippen LogP contribution in [0.3, 0.4) is 0 Å². The minimum absolute atomic E-state index is 0.990. The molecule has 0 unspecified atom stereocenters. The zero-order chi connectivity index (χ0) is 13.5. The van der Waals surface area contributed by atoms with E-state index in [0.29, 0.717) is 0 Å². The molecule has 0 bridgehead atoms. The van der Waals surface area contributed by atoms with Gasteiger partial charge in [0.25, 0.3) is 0 Å². The lowest BCUT2D eigenvalue weighted by Gasteiger charge is -2.32.